The van der Waals surface area contributed by atoms with Crippen LogP contribution in [0.5, 0.6) is 11.5 Å². The standard InChI is InChI=1S/C12H10FNO3/c13-5-8-3-9(12(1-2-12)14-6-15)11-10(4-8)16-7-17-11/h3-4H,1-2,5,7H2. The van der Waals surface area contributed by atoms with Crippen molar-refractivity contribution in [1.29, 1.82) is 0 Å². The van der Waals surface area contributed by atoms with E-state index in [-0.39, 0.29) is 6.79 Å². The molecule has 1 aromatic carbocycles. The maximum atomic E-state index is 12.8. The molecule has 1 aliphatic heterocycles. The molecular formula is C12H10FNO3. The summed E-state index contributed by atoms with van der Waals surface area (Å²) in [5.41, 5.74) is 0.685. The molecule has 2 aliphatic rings. The van der Waals surface area contributed by atoms with Crippen LogP contribution in [0.2, 0.25) is 0 Å². The highest BCUT2D eigenvalue weighted by atomic mass is 19.1. The molecule has 88 valence electrons. The molecule has 0 N–H and O–H groups in total. The maximum Gasteiger partial charge on any atom is 0.235 e. The molecule has 0 spiro atoms. The van der Waals surface area contributed by atoms with E-state index in [0.717, 1.165) is 18.4 Å². The number of halogens is 1. The molecular weight excluding hydrogens is 225 g/mol. The minimum atomic E-state index is -0.579. The van der Waals surface area contributed by atoms with Crippen molar-refractivity contribution in [3.8, 4) is 11.5 Å². The summed E-state index contributed by atoms with van der Waals surface area (Å²) in [6.45, 7) is -0.455. The molecule has 1 aliphatic carbocycles. The van der Waals surface area contributed by atoms with Crippen LogP contribution in [0.25, 0.3) is 0 Å². The van der Waals surface area contributed by atoms with Crippen molar-refractivity contribution in [2.45, 2.75) is 25.1 Å². The Kier molecular flexibility index (Phi) is 2.16. The lowest BCUT2D eigenvalue weighted by Crippen LogP contribution is -2.05. The highest BCUT2D eigenvalue weighted by Gasteiger charge is 2.48. The summed E-state index contributed by atoms with van der Waals surface area (Å²) in [5, 5.41) is 0. The van der Waals surface area contributed by atoms with E-state index in [4.69, 9.17) is 9.47 Å². The molecule has 4 nitrogen and oxygen atoms in total. The van der Waals surface area contributed by atoms with E-state index in [1.807, 2.05) is 0 Å². The SMILES string of the molecule is O=C=NC1(c2cc(CF)cc3c2OCO3)CC1. The van der Waals surface area contributed by atoms with Crippen molar-refractivity contribution in [3.05, 3.63) is 23.3 Å². The maximum absolute atomic E-state index is 12.8. The van der Waals surface area contributed by atoms with Gasteiger partial charge in [-0.2, -0.15) is 4.99 Å². The molecule has 0 aromatic heterocycles. The van der Waals surface area contributed by atoms with Crippen LogP contribution in [-0.2, 0) is 17.0 Å². The van der Waals surface area contributed by atoms with E-state index in [1.165, 1.54) is 0 Å². The van der Waals surface area contributed by atoms with Gasteiger partial charge in [0, 0.05) is 5.56 Å². The predicted molar refractivity (Wildman–Crippen MR) is 56.4 cm³/mol. The van der Waals surface area contributed by atoms with E-state index in [9.17, 15) is 9.18 Å². The third kappa shape index (κ3) is 1.51. The second kappa shape index (κ2) is 3.57. The number of alkyl halides is 1. The lowest BCUT2D eigenvalue weighted by molar-refractivity contribution is 0.173. The number of aliphatic imine (C=N–C) groups is 1. The van der Waals surface area contributed by atoms with Crippen molar-refractivity contribution in [2.24, 2.45) is 4.99 Å². The number of fused-ring (bicyclic) bond motifs is 1. The van der Waals surface area contributed by atoms with Crippen LogP contribution in [0.4, 0.5) is 4.39 Å². The number of isocyanates is 1. The first-order chi connectivity index (χ1) is 8.29. The highest BCUT2D eigenvalue weighted by Crippen LogP contribution is 2.55. The van der Waals surface area contributed by atoms with Crippen LogP contribution in [-0.4, -0.2) is 12.9 Å². The van der Waals surface area contributed by atoms with Gasteiger partial charge >= 0.3 is 0 Å². The summed E-state index contributed by atoms with van der Waals surface area (Å²) in [4.78, 5) is 14.3. The second-order valence-electron chi connectivity index (χ2n) is 4.25. The number of carbonyl (C=O) groups excluding carboxylic acids is 1. The van der Waals surface area contributed by atoms with E-state index in [2.05, 4.69) is 4.99 Å². The summed E-state index contributed by atoms with van der Waals surface area (Å²) >= 11 is 0. The fourth-order valence-electron chi connectivity index (χ4n) is 2.14. The van der Waals surface area contributed by atoms with Gasteiger partial charge in [-0.25, -0.2) is 9.18 Å². The summed E-state index contributed by atoms with van der Waals surface area (Å²) < 4.78 is 23.4. The van der Waals surface area contributed by atoms with Crippen LogP contribution in [0.15, 0.2) is 17.1 Å². The van der Waals surface area contributed by atoms with E-state index >= 15 is 0 Å². The number of rotatable bonds is 3. The predicted octanol–water partition coefficient (Wildman–Crippen LogP) is 2.21. The molecule has 0 atom stereocenters. The van der Waals surface area contributed by atoms with Gasteiger partial charge in [-0.1, -0.05) is 0 Å². The van der Waals surface area contributed by atoms with Gasteiger partial charge in [0.15, 0.2) is 11.5 Å². The van der Waals surface area contributed by atoms with Crippen molar-refractivity contribution in [3.63, 3.8) is 0 Å². The molecule has 1 heterocycles. The van der Waals surface area contributed by atoms with Gasteiger partial charge < -0.3 is 9.47 Å². The minimum absolute atomic E-state index is 0.124. The normalized spacial score (nSPS) is 18.6. The molecule has 0 bridgehead atoms. The number of nitrogens with zero attached hydrogens (tertiary/aromatic N) is 1. The summed E-state index contributed by atoms with van der Waals surface area (Å²) in [6, 6.07) is 3.31. The largest absolute Gasteiger partial charge is 0.454 e. The number of hydrogen-bond acceptors (Lipinski definition) is 4. The molecule has 0 unspecified atom stereocenters. The molecule has 17 heavy (non-hydrogen) atoms. The Labute approximate surface area is 97.1 Å². The lowest BCUT2D eigenvalue weighted by atomic mass is 10.0. The molecule has 0 radical (unpaired) electrons. The zero-order chi connectivity index (χ0) is 11.9. The monoisotopic (exact) mass is 235 g/mol. The Balaban J connectivity index is 2.15. The summed E-state index contributed by atoms with van der Waals surface area (Å²) in [6.07, 6.45) is 3.10. The van der Waals surface area contributed by atoms with Crippen LogP contribution in [0.3, 0.4) is 0 Å². The molecule has 1 saturated carbocycles. The van der Waals surface area contributed by atoms with Crippen LogP contribution >= 0.6 is 0 Å². The Hall–Kier alpha value is -1.87. The quantitative estimate of drug-likeness (QED) is 0.596. The molecule has 5 heteroatoms. The van der Waals surface area contributed by atoms with Gasteiger partial charge in [0.2, 0.25) is 12.9 Å². The van der Waals surface area contributed by atoms with E-state index in [1.54, 1.807) is 18.2 Å². The Morgan fingerprint density at radius 2 is 2.24 bits per heavy atom. The van der Waals surface area contributed by atoms with E-state index < -0.39 is 12.2 Å². The van der Waals surface area contributed by atoms with Gasteiger partial charge in [-0.05, 0) is 30.5 Å². The first-order valence-electron chi connectivity index (χ1n) is 5.37. The van der Waals surface area contributed by atoms with Gasteiger partial charge in [0.1, 0.15) is 12.2 Å². The number of ether oxygens (including phenoxy) is 2. The minimum Gasteiger partial charge on any atom is -0.454 e. The van der Waals surface area contributed by atoms with Crippen molar-refractivity contribution in [1.82, 2.24) is 0 Å². The summed E-state index contributed by atoms with van der Waals surface area (Å²) in [7, 11) is 0. The molecule has 1 fully saturated rings. The Bertz CT molecular complexity index is 519. The highest BCUT2D eigenvalue weighted by molar-refractivity contribution is 5.56. The van der Waals surface area contributed by atoms with Gasteiger partial charge in [-0.3, -0.25) is 0 Å². The first kappa shape index (κ1) is 10.3. The second-order valence-corrected chi connectivity index (χ2v) is 4.25. The fraction of sp³-hybridized carbons (Fsp3) is 0.417. The van der Waals surface area contributed by atoms with Gasteiger partial charge in [0.25, 0.3) is 0 Å². The lowest BCUT2D eigenvalue weighted by Gasteiger charge is -2.12. The van der Waals surface area contributed by atoms with Crippen LogP contribution in [0.1, 0.15) is 24.0 Å². The van der Waals surface area contributed by atoms with Crippen molar-refractivity contribution < 1.29 is 18.7 Å². The van der Waals surface area contributed by atoms with Crippen molar-refractivity contribution >= 4 is 6.08 Å². The third-order valence-electron chi connectivity index (χ3n) is 3.17. The zero-order valence-corrected chi connectivity index (χ0v) is 9.03. The molecule has 0 amide bonds. The van der Waals surface area contributed by atoms with Crippen LogP contribution in [0, 0.1) is 0 Å². The average molecular weight is 235 g/mol. The zero-order valence-electron chi connectivity index (χ0n) is 9.03. The number of benzene rings is 1. The van der Waals surface area contributed by atoms with Gasteiger partial charge in [-0.15, -0.1) is 0 Å². The average Bonchev–Trinajstić information content (AvgIpc) is 2.97. The Morgan fingerprint density at radius 3 is 2.88 bits per heavy atom. The molecule has 1 aromatic rings. The summed E-state index contributed by atoms with van der Waals surface area (Å²) in [5.74, 6) is 1.11. The van der Waals surface area contributed by atoms with Gasteiger partial charge in [0.05, 0.1) is 0 Å². The fourth-order valence-corrected chi connectivity index (χ4v) is 2.14. The van der Waals surface area contributed by atoms with Crippen LogP contribution < -0.4 is 9.47 Å². The topological polar surface area (TPSA) is 47.9 Å². The molecule has 3 rings (SSSR count). The number of hydrogen-bond donors (Lipinski definition) is 0. The van der Waals surface area contributed by atoms with E-state index in [0.29, 0.717) is 17.1 Å². The smallest absolute Gasteiger partial charge is 0.235 e. The third-order valence-corrected chi connectivity index (χ3v) is 3.17. The molecule has 0 saturated heterocycles. The first-order valence-corrected chi connectivity index (χ1v) is 5.37. The van der Waals surface area contributed by atoms with Crippen molar-refractivity contribution in [2.75, 3.05) is 6.79 Å². The Morgan fingerprint density at radius 1 is 1.41 bits per heavy atom.